The normalized spacial score (nSPS) is 11.2. The van der Waals surface area contributed by atoms with Crippen molar-refractivity contribution in [1.29, 1.82) is 0 Å². The minimum Gasteiger partial charge on any atom is -0.447 e. The molecule has 0 atom stereocenters. The van der Waals surface area contributed by atoms with Crippen LogP contribution in [0.1, 0.15) is 18.9 Å². The van der Waals surface area contributed by atoms with Crippen LogP contribution in [0.2, 0.25) is 0 Å². The topological polar surface area (TPSA) is 51.0 Å². The van der Waals surface area contributed by atoms with E-state index in [2.05, 4.69) is 45.3 Å². The van der Waals surface area contributed by atoms with Crippen LogP contribution in [-0.4, -0.2) is 16.2 Å². The minimum absolute atomic E-state index is 0.449. The first kappa shape index (κ1) is 11.8. The quantitative estimate of drug-likeness (QED) is 0.943. The summed E-state index contributed by atoms with van der Waals surface area (Å²) in [6.45, 7) is 4.95. The molecule has 0 radical (unpaired) electrons. The Morgan fingerprint density at radius 3 is 2.88 bits per heavy atom. The van der Waals surface area contributed by atoms with E-state index in [1.807, 2.05) is 12.1 Å². The van der Waals surface area contributed by atoms with Gasteiger partial charge in [-0.1, -0.05) is 25.2 Å². The second-order valence-corrected chi connectivity index (χ2v) is 5.48. The number of aromatic nitrogens is 2. The third kappa shape index (κ3) is 2.90. The van der Waals surface area contributed by atoms with Gasteiger partial charge in [-0.3, -0.25) is 0 Å². The van der Waals surface area contributed by atoms with Crippen LogP contribution in [0, 0.1) is 0 Å². The largest absolute Gasteiger partial charge is 0.447 e. The predicted molar refractivity (Wildman–Crippen MR) is 67.3 cm³/mol. The lowest BCUT2D eigenvalue weighted by Crippen LogP contribution is -2.21. The highest BCUT2D eigenvalue weighted by atomic mass is 79.9. The zero-order valence-electron chi connectivity index (χ0n) is 9.03. The highest BCUT2D eigenvalue weighted by molar-refractivity contribution is 9.10. The molecular weight excluding hydrogens is 290 g/mol. The van der Waals surface area contributed by atoms with Gasteiger partial charge in [-0.15, -0.1) is 10.2 Å². The van der Waals surface area contributed by atoms with E-state index in [0.29, 0.717) is 10.7 Å². The van der Waals surface area contributed by atoms with E-state index in [1.54, 1.807) is 11.3 Å². The van der Waals surface area contributed by atoms with Gasteiger partial charge in [0.05, 0.1) is 0 Å². The maximum Gasteiger partial charge on any atom is 0.183 e. The van der Waals surface area contributed by atoms with E-state index in [9.17, 15) is 0 Å². The number of nitrogens with one attached hydrogen (secondary N) is 1. The Morgan fingerprint density at radius 2 is 2.25 bits per heavy atom. The zero-order valence-corrected chi connectivity index (χ0v) is 11.4. The Kier molecular flexibility index (Phi) is 3.73. The standard InChI is InChI=1S/C10H12BrN3OS/c1-6(2)12-5-9-13-14-10(16-9)7-3-4-8(11)15-7/h3-4,6,12H,5H2,1-2H3. The van der Waals surface area contributed by atoms with Gasteiger partial charge in [0.25, 0.3) is 0 Å². The summed E-state index contributed by atoms with van der Waals surface area (Å²) < 4.78 is 6.12. The van der Waals surface area contributed by atoms with E-state index in [0.717, 1.165) is 22.3 Å². The highest BCUT2D eigenvalue weighted by Crippen LogP contribution is 2.27. The van der Waals surface area contributed by atoms with E-state index in [4.69, 9.17) is 4.42 Å². The highest BCUT2D eigenvalue weighted by Gasteiger charge is 2.10. The fourth-order valence-electron chi connectivity index (χ4n) is 1.15. The predicted octanol–water partition coefficient (Wildman–Crippen LogP) is 3.06. The summed E-state index contributed by atoms with van der Waals surface area (Å²) in [7, 11) is 0. The van der Waals surface area contributed by atoms with Crippen molar-refractivity contribution >= 4 is 27.3 Å². The van der Waals surface area contributed by atoms with Gasteiger partial charge in [0.2, 0.25) is 0 Å². The third-order valence-corrected chi connectivity index (χ3v) is 3.28. The van der Waals surface area contributed by atoms with Gasteiger partial charge in [-0.25, -0.2) is 0 Å². The van der Waals surface area contributed by atoms with Crippen LogP contribution in [0.5, 0.6) is 0 Å². The molecule has 2 heterocycles. The van der Waals surface area contributed by atoms with E-state index in [1.165, 1.54) is 0 Å². The van der Waals surface area contributed by atoms with Crippen molar-refractivity contribution in [2.24, 2.45) is 0 Å². The molecule has 0 amide bonds. The summed E-state index contributed by atoms with van der Waals surface area (Å²) in [5.41, 5.74) is 0. The van der Waals surface area contributed by atoms with Crippen LogP contribution in [0.25, 0.3) is 10.8 Å². The lowest BCUT2D eigenvalue weighted by Gasteiger charge is -2.03. The molecule has 1 N–H and O–H groups in total. The summed E-state index contributed by atoms with van der Waals surface area (Å²) >= 11 is 4.81. The first-order valence-corrected chi connectivity index (χ1v) is 6.57. The number of halogens is 1. The summed E-state index contributed by atoms with van der Waals surface area (Å²) in [5.74, 6) is 0.750. The summed E-state index contributed by atoms with van der Waals surface area (Å²) in [6.07, 6.45) is 0. The average molecular weight is 302 g/mol. The van der Waals surface area contributed by atoms with Crippen LogP contribution in [0.3, 0.4) is 0 Å². The van der Waals surface area contributed by atoms with Crippen molar-refractivity contribution in [3.8, 4) is 10.8 Å². The van der Waals surface area contributed by atoms with Gasteiger partial charge >= 0.3 is 0 Å². The molecule has 2 aromatic rings. The molecule has 2 rings (SSSR count). The van der Waals surface area contributed by atoms with E-state index < -0.39 is 0 Å². The first-order chi connectivity index (χ1) is 7.65. The Balaban J connectivity index is 2.07. The van der Waals surface area contributed by atoms with Crippen molar-refractivity contribution < 1.29 is 4.42 Å². The minimum atomic E-state index is 0.449. The van der Waals surface area contributed by atoms with Crippen molar-refractivity contribution in [2.75, 3.05) is 0 Å². The van der Waals surface area contributed by atoms with E-state index in [-0.39, 0.29) is 0 Å². The van der Waals surface area contributed by atoms with Crippen molar-refractivity contribution in [3.05, 3.63) is 21.8 Å². The number of furan rings is 1. The van der Waals surface area contributed by atoms with Gasteiger partial charge in [-0.05, 0) is 28.1 Å². The Hall–Kier alpha value is -0.720. The van der Waals surface area contributed by atoms with Crippen LogP contribution in [0.15, 0.2) is 21.2 Å². The van der Waals surface area contributed by atoms with Gasteiger partial charge < -0.3 is 9.73 Å². The Morgan fingerprint density at radius 1 is 1.44 bits per heavy atom. The van der Waals surface area contributed by atoms with Crippen molar-refractivity contribution in [3.63, 3.8) is 0 Å². The molecule has 6 heteroatoms. The lowest BCUT2D eigenvalue weighted by molar-refractivity contribution is 0.554. The van der Waals surface area contributed by atoms with Gasteiger partial charge in [0.15, 0.2) is 15.4 Å². The third-order valence-electron chi connectivity index (χ3n) is 1.91. The fourth-order valence-corrected chi connectivity index (χ4v) is 2.20. The molecular formula is C10H12BrN3OS. The van der Waals surface area contributed by atoms with Crippen LogP contribution in [0.4, 0.5) is 0 Å². The molecule has 4 nitrogen and oxygen atoms in total. The Labute approximate surface area is 106 Å². The van der Waals surface area contributed by atoms with Crippen LogP contribution < -0.4 is 5.32 Å². The number of nitrogens with zero attached hydrogens (tertiary/aromatic N) is 2. The van der Waals surface area contributed by atoms with Gasteiger partial charge in [0, 0.05) is 12.6 Å². The molecule has 0 bridgehead atoms. The lowest BCUT2D eigenvalue weighted by atomic mass is 10.4. The maximum atomic E-state index is 5.41. The van der Waals surface area contributed by atoms with Crippen molar-refractivity contribution in [2.45, 2.75) is 26.4 Å². The summed E-state index contributed by atoms with van der Waals surface area (Å²) in [5, 5.41) is 13.3. The smallest absolute Gasteiger partial charge is 0.183 e. The molecule has 0 saturated carbocycles. The zero-order chi connectivity index (χ0) is 11.5. The molecule has 0 saturated heterocycles. The van der Waals surface area contributed by atoms with Gasteiger partial charge in [0.1, 0.15) is 5.01 Å². The number of hydrogen-bond acceptors (Lipinski definition) is 5. The number of hydrogen-bond donors (Lipinski definition) is 1. The van der Waals surface area contributed by atoms with Crippen molar-refractivity contribution in [1.82, 2.24) is 15.5 Å². The molecule has 86 valence electrons. The molecule has 0 unspecified atom stereocenters. The fraction of sp³-hybridized carbons (Fsp3) is 0.400. The summed E-state index contributed by atoms with van der Waals surface area (Å²) in [4.78, 5) is 0. The first-order valence-electron chi connectivity index (χ1n) is 4.96. The molecule has 16 heavy (non-hydrogen) atoms. The second kappa shape index (κ2) is 5.07. The van der Waals surface area contributed by atoms with Crippen LogP contribution in [-0.2, 0) is 6.54 Å². The second-order valence-electron chi connectivity index (χ2n) is 3.64. The van der Waals surface area contributed by atoms with E-state index >= 15 is 0 Å². The molecule has 0 aliphatic rings. The number of rotatable bonds is 4. The Bertz CT molecular complexity index is 466. The molecule has 0 fully saturated rings. The summed E-state index contributed by atoms with van der Waals surface area (Å²) in [6, 6.07) is 4.18. The molecule has 0 aromatic carbocycles. The van der Waals surface area contributed by atoms with Gasteiger partial charge in [-0.2, -0.15) is 0 Å². The average Bonchev–Trinajstić information content (AvgIpc) is 2.83. The SMILES string of the molecule is CC(C)NCc1nnc(-c2ccc(Br)o2)s1. The molecule has 0 spiro atoms. The van der Waals surface area contributed by atoms with Crippen LogP contribution >= 0.6 is 27.3 Å². The molecule has 0 aliphatic carbocycles. The monoisotopic (exact) mass is 301 g/mol. The molecule has 2 aromatic heterocycles. The molecule has 0 aliphatic heterocycles. The maximum absolute atomic E-state index is 5.41.